The van der Waals surface area contributed by atoms with E-state index in [9.17, 15) is 14.0 Å². The highest BCUT2D eigenvalue weighted by atomic mass is 19.1. The molecular weight excluding hydrogens is 373 g/mol. The van der Waals surface area contributed by atoms with Crippen LogP contribution in [-0.2, 0) is 22.6 Å². The minimum absolute atomic E-state index is 0.0277. The molecule has 1 aromatic heterocycles. The predicted molar refractivity (Wildman–Crippen MR) is 106 cm³/mol. The molecule has 1 amide bonds. The first-order valence-corrected chi connectivity index (χ1v) is 9.38. The number of carbonyl (C=O) groups excluding carboxylic acids is 2. The highest BCUT2D eigenvalue weighted by Crippen LogP contribution is 2.16. The van der Waals surface area contributed by atoms with Gasteiger partial charge in [-0.15, -0.1) is 0 Å². The van der Waals surface area contributed by atoms with Gasteiger partial charge in [-0.05, 0) is 36.2 Å². The van der Waals surface area contributed by atoms with E-state index < -0.39 is 17.7 Å². The van der Waals surface area contributed by atoms with Crippen molar-refractivity contribution in [1.82, 2.24) is 15.1 Å². The summed E-state index contributed by atoms with van der Waals surface area (Å²) in [7, 11) is 0. The smallest absolute Gasteiger partial charge is 0.307 e. The number of aryl methyl sites for hydroxylation is 1. The second-order valence-corrected chi connectivity index (χ2v) is 6.44. The van der Waals surface area contributed by atoms with Crippen molar-refractivity contribution >= 4 is 11.9 Å². The molecule has 0 aliphatic heterocycles. The van der Waals surface area contributed by atoms with E-state index in [0.717, 1.165) is 23.7 Å². The first-order chi connectivity index (χ1) is 14.1. The van der Waals surface area contributed by atoms with Gasteiger partial charge < -0.3 is 10.1 Å². The maximum Gasteiger partial charge on any atom is 0.307 e. The Morgan fingerprint density at radius 1 is 1.14 bits per heavy atom. The van der Waals surface area contributed by atoms with Gasteiger partial charge in [0, 0.05) is 24.0 Å². The molecule has 1 N–H and O–H groups in total. The third kappa shape index (κ3) is 5.51. The van der Waals surface area contributed by atoms with E-state index in [1.165, 1.54) is 6.07 Å². The van der Waals surface area contributed by atoms with Gasteiger partial charge in [0.05, 0.1) is 12.1 Å². The number of nitrogens with zero attached hydrogens (tertiary/aromatic N) is 2. The molecule has 3 rings (SSSR count). The van der Waals surface area contributed by atoms with Gasteiger partial charge >= 0.3 is 5.97 Å². The SMILES string of the molecule is CCc1ccnn1-c1cc(F)cc(C(=O)NCCC(=O)OCc2ccccc2)c1. The quantitative estimate of drug-likeness (QED) is 0.593. The normalized spacial score (nSPS) is 10.6. The van der Waals surface area contributed by atoms with Crippen LogP contribution < -0.4 is 5.32 Å². The van der Waals surface area contributed by atoms with Crippen LogP contribution in [0.25, 0.3) is 5.69 Å². The van der Waals surface area contributed by atoms with E-state index >= 15 is 0 Å². The fourth-order valence-electron chi connectivity index (χ4n) is 2.85. The lowest BCUT2D eigenvalue weighted by molar-refractivity contribution is -0.144. The number of aromatic nitrogens is 2. The zero-order chi connectivity index (χ0) is 20.6. The average Bonchev–Trinajstić information content (AvgIpc) is 3.21. The van der Waals surface area contributed by atoms with E-state index in [1.807, 2.05) is 43.3 Å². The summed E-state index contributed by atoms with van der Waals surface area (Å²) in [4.78, 5) is 24.2. The molecule has 0 aliphatic carbocycles. The van der Waals surface area contributed by atoms with Gasteiger partial charge in [0.15, 0.2) is 0 Å². The average molecular weight is 395 g/mol. The van der Waals surface area contributed by atoms with Crippen LogP contribution in [0.3, 0.4) is 0 Å². The Balaban J connectivity index is 1.55. The molecule has 1 heterocycles. The van der Waals surface area contributed by atoms with Gasteiger partial charge in [-0.3, -0.25) is 9.59 Å². The third-order valence-electron chi connectivity index (χ3n) is 4.33. The van der Waals surface area contributed by atoms with Crippen LogP contribution in [0.4, 0.5) is 4.39 Å². The lowest BCUT2D eigenvalue weighted by Crippen LogP contribution is -2.26. The molecule has 3 aromatic rings. The number of ether oxygens (including phenoxy) is 1. The van der Waals surface area contributed by atoms with E-state index in [1.54, 1.807) is 16.9 Å². The summed E-state index contributed by atoms with van der Waals surface area (Å²) in [6.45, 7) is 2.25. The Kier molecular flexibility index (Phi) is 6.73. The maximum absolute atomic E-state index is 14.0. The fraction of sp³-hybridized carbons (Fsp3) is 0.227. The summed E-state index contributed by atoms with van der Waals surface area (Å²) in [6, 6.07) is 15.2. The minimum Gasteiger partial charge on any atom is -0.461 e. The van der Waals surface area contributed by atoms with Gasteiger partial charge in [0.1, 0.15) is 12.4 Å². The molecule has 0 atom stereocenters. The molecule has 0 radical (unpaired) electrons. The van der Waals surface area contributed by atoms with E-state index in [0.29, 0.717) is 5.69 Å². The van der Waals surface area contributed by atoms with Crippen molar-refractivity contribution in [1.29, 1.82) is 0 Å². The second kappa shape index (κ2) is 9.64. The Hall–Kier alpha value is -3.48. The number of amides is 1. The monoisotopic (exact) mass is 395 g/mol. The van der Waals surface area contributed by atoms with Crippen molar-refractivity contribution in [2.75, 3.05) is 6.54 Å². The lowest BCUT2D eigenvalue weighted by Gasteiger charge is -2.10. The van der Waals surface area contributed by atoms with Crippen molar-refractivity contribution in [2.24, 2.45) is 0 Å². The number of carbonyl (C=O) groups is 2. The molecule has 0 bridgehead atoms. The lowest BCUT2D eigenvalue weighted by atomic mass is 10.1. The summed E-state index contributed by atoms with van der Waals surface area (Å²) in [5.74, 6) is -1.42. The standard InChI is InChI=1S/C22H22FN3O3/c1-2-19-8-11-25-26(19)20-13-17(12-18(23)14-20)22(28)24-10-9-21(27)29-15-16-6-4-3-5-7-16/h3-8,11-14H,2,9-10,15H2,1H3,(H,24,28). The van der Waals surface area contributed by atoms with Crippen molar-refractivity contribution in [2.45, 2.75) is 26.4 Å². The molecule has 0 saturated carbocycles. The number of halogens is 1. The zero-order valence-corrected chi connectivity index (χ0v) is 16.1. The molecule has 150 valence electrons. The molecule has 0 spiro atoms. The van der Waals surface area contributed by atoms with Gasteiger partial charge in [-0.2, -0.15) is 5.10 Å². The minimum atomic E-state index is -0.535. The third-order valence-corrected chi connectivity index (χ3v) is 4.33. The first kappa shape index (κ1) is 20.3. The molecule has 0 saturated heterocycles. The van der Waals surface area contributed by atoms with Crippen LogP contribution in [0.15, 0.2) is 60.8 Å². The summed E-state index contributed by atoms with van der Waals surface area (Å²) in [5.41, 5.74) is 2.43. The molecule has 6 nitrogen and oxygen atoms in total. The molecule has 0 unspecified atom stereocenters. The summed E-state index contributed by atoms with van der Waals surface area (Å²) >= 11 is 0. The maximum atomic E-state index is 14.0. The van der Waals surface area contributed by atoms with Gasteiger partial charge in [-0.25, -0.2) is 9.07 Å². The second-order valence-electron chi connectivity index (χ2n) is 6.44. The largest absolute Gasteiger partial charge is 0.461 e. The Bertz CT molecular complexity index is 986. The molecule has 29 heavy (non-hydrogen) atoms. The number of esters is 1. The summed E-state index contributed by atoms with van der Waals surface area (Å²) in [6.07, 6.45) is 2.38. The predicted octanol–water partition coefficient (Wildman–Crippen LogP) is 3.44. The van der Waals surface area contributed by atoms with E-state index in [2.05, 4.69) is 10.4 Å². The Morgan fingerprint density at radius 3 is 2.69 bits per heavy atom. The molecule has 0 fully saturated rings. The summed E-state index contributed by atoms with van der Waals surface area (Å²) < 4.78 is 20.8. The van der Waals surface area contributed by atoms with Crippen LogP contribution in [0, 0.1) is 5.82 Å². The van der Waals surface area contributed by atoms with Crippen LogP contribution in [0.5, 0.6) is 0 Å². The van der Waals surface area contributed by atoms with Gasteiger partial charge in [0.2, 0.25) is 0 Å². The molecule has 7 heteroatoms. The number of benzene rings is 2. The van der Waals surface area contributed by atoms with Crippen molar-refractivity contribution in [3.8, 4) is 5.69 Å². The Labute approximate surface area is 168 Å². The van der Waals surface area contributed by atoms with E-state index in [4.69, 9.17) is 4.74 Å². The number of hydrogen-bond donors (Lipinski definition) is 1. The Morgan fingerprint density at radius 2 is 1.93 bits per heavy atom. The molecule has 2 aromatic carbocycles. The van der Waals surface area contributed by atoms with Crippen molar-refractivity contribution in [3.63, 3.8) is 0 Å². The van der Waals surface area contributed by atoms with Gasteiger partial charge in [0.25, 0.3) is 5.91 Å². The topological polar surface area (TPSA) is 73.2 Å². The van der Waals surface area contributed by atoms with Crippen LogP contribution >= 0.6 is 0 Å². The molecule has 0 aliphatic rings. The number of rotatable bonds is 8. The van der Waals surface area contributed by atoms with E-state index in [-0.39, 0.29) is 25.1 Å². The fourth-order valence-corrected chi connectivity index (χ4v) is 2.85. The highest BCUT2D eigenvalue weighted by Gasteiger charge is 2.12. The summed E-state index contributed by atoms with van der Waals surface area (Å²) in [5, 5.41) is 6.81. The zero-order valence-electron chi connectivity index (χ0n) is 16.1. The van der Waals surface area contributed by atoms with Crippen molar-refractivity contribution < 1.29 is 18.7 Å². The van der Waals surface area contributed by atoms with Crippen LogP contribution in [0.1, 0.15) is 35.0 Å². The first-order valence-electron chi connectivity index (χ1n) is 9.38. The highest BCUT2D eigenvalue weighted by molar-refractivity contribution is 5.95. The number of hydrogen-bond acceptors (Lipinski definition) is 4. The number of nitrogens with one attached hydrogen (secondary N) is 1. The van der Waals surface area contributed by atoms with Crippen LogP contribution in [0.2, 0.25) is 0 Å². The van der Waals surface area contributed by atoms with Gasteiger partial charge in [-0.1, -0.05) is 37.3 Å². The van der Waals surface area contributed by atoms with Crippen molar-refractivity contribution in [3.05, 3.63) is 83.4 Å². The molecular formula is C22H22FN3O3. The van der Waals surface area contributed by atoms with Crippen LogP contribution in [-0.4, -0.2) is 28.2 Å².